The summed E-state index contributed by atoms with van der Waals surface area (Å²) in [7, 11) is 0. The molecule has 0 bridgehead atoms. The van der Waals surface area contributed by atoms with Crippen molar-refractivity contribution in [3.8, 4) is 0 Å². The van der Waals surface area contributed by atoms with Gasteiger partial charge in [0.15, 0.2) is 0 Å². The number of rotatable bonds is 1. The number of hydrogen-bond acceptors (Lipinski definition) is 0. The van der Waals surface area contributed by atoms with Crippen molar-refractivity contribution in [3.05, 3.63) is 58.0 Å². The molecule has 1 radical (unpaired) electrons. The van der Waals surface area contributed by atoms with Gasteiger partial charge in [0.1, 0.15) is 0 Å². The van der Waals surface area contributed by atoms with Gasteiger partial charge in [0.2, 0.25) is 0 Å². The van der Waals surface area contributed by atoms with Crippen LogP contribution in [0.4, 0.5) is 13.2 Å². The highest BCUT2D eigenvalue weighted by Gasteiger charge is 2.30. The lowest BCUT2D eigenvalue weighted by molar-refractivity contribution is -0.137. The van der Waals surface area contributed by atoms with Gasteiger partial charge >= 0.3 is 6.18 Å². The van der Waals surface area contributed by atoms with E-state index >= 15 is 0 Å². The third kappa shape index (κ3) is 2.73. The van der Waals surface area contributed by atoms with Crippen molar-refractivity contribution in [2.75, 3.05) is 0 Å². The van der Waals surface area contributed by atoms with E-state index in [0.717, 1.165) is 12.1 Å². The molecule has 0 amide bonds. The average molecular weight is 292 g/mol. The van der Waals surface area contributed by atoms with Gasteiger partial charge < -0.3 is 0 Å². The van der Waals surface area contributed by atoms with E-state index in [1.165, 1.54) is 6.07 Å². The number of halogens is 5. The van der Waals surface area contributed by atoms with E-state index in [9.17, 15) is 13.2 Å². The summed E-state index contributed by atoms with van der Waals surface area (Å²) in [4.78, 5) is 0. The van der Waals surface area contributed by atoms with Crippen LogP contribution in [0.2, 0.25) is 0 Å². The SMILES string of the molecule is FC(F)(F)c1cccc(C2=C(Cl)C(Cl)=CC[CH]2)c1. The highest BCUT2D eigenvalue weighted by Crippen LogP contribution is 2.38. The first kappa shape index (κ1) is 13.5. The second kappa shape index (κ2) is 4.98. The summed E-state index contributed by atoms with van der Waals surface area (Å²) in [5.41, 5.74) is 0.257. The molecule has 0 heterocycles. The molecule has 0 N–H and O–H groups in total. The molecule has 1 aliphatic rings. The fraction of sp³-hybridized carbons (Fsp3) is 0.154. The Morgan fingerprint density at radius 1 is 1.11 bits per heavy atom. The van der Waals surface area contributed by atoms with E-state index in [1.807, 2.05) is 0 Å². The molecule has 1 aromatic rings. The van der Waals surface area contributed by atoms with Gasteiger partial charge in [-0.1, -0.05) is 41.4 Å². The molecule has 95 valence electrons. The van der Waals surface area contributed by atoms with Crippen LogP contribution in [0, 0.1) is 6.42 Å². The van der Waals surface area contributed by atoms with E-state index in [-0.39, 0.29) is 5.03 Å². The highest BCUT2D eigenvalue weighted by atomic mass is 35.5. The Kier molecular flexibility index (Phi) is 3.74. The van der Waals surface area contributed by atoms with Gasteiger partial charge in [0, 0.05) is 0 Å². The normalized spacial score (nSPS) is 16.8. The first-order valence-electron chi connectivity index (χ1n) is 5.16. The fourth-order valence-corrected chi connectivity index (χ4v) is 2.15. The number of hydrogen-bond donors (Lipinski definition) is 0. The van der Waals surface area contributed by atoms with Crippen molar-refractivity contribution in [1.82, 2.24) is 0 Å². The quantitative estimate of drug-likeness (QED) is 0.651. The monoisotopic (exact) mass is 291 g/mol. The highest BCUT2D eigenvalue weighted by molar-refractivity contribution is 6.46. The molecule has 0 saturated heterocycles. The Morgan fingerprint density at radius 3 is 2.50 bits per heavy atom. The largest absolute Gasteiger partial charge is 0.416 e. The first-order chi connectivity index (χ1) is 8.39. The van der Waals surface area contributed by atoms with Gasteiger partial charge in [-0.2, -0.15) is 13.2 Å². The summed E-state index contributed by atoms with van der Waals surface area (Å²) >= 11 is 11.9. The first-order valence-corrected chi connectivity index (χ1v) is 5.92. The number of allylic oxidation sites excluding steroid dienone is 4. The predicted octanol–water partition coefficient (Wildman–Crippen LogP) is 5.39. The van der Waals surface area contributed by atoms with Crippen molar-refractivity contribution >= 4 is 28.8 Å². The lowest BCUT2D eigenvalue weighted by Crippen LogP contribution is -2.05. The molecule has 0 saturated carbocycles. The summed E-state index contributed by atoms with van der Waals surface area (Å²) in [6, 6.07) is 5.04. The Bertz CT molecular complexity index is 527. The summed E-state index contributed by atoms with van der Waals surface area (Å²) in [5, 5.41) is 0.647. The van der Waals surface area contributed by atoms with Crippen LogP contribution in [0.25, 0.3) is 5.57 Å². The zero-order chi connectivity index (χ0) is 13.3. The van der Waals surface area contributed by atoms with Crippen LogP contribution >= 0.6 is 23.2 Å². The van der Waals surface area contributed by atoms with Crippen molar-refractivity contribution in [2.24, 2.45) is 0 Å². The number of alkyl halides is 3. The Balaban J connectivity index is 2.47. The fourth-order valence-electron chi connectivity index (χ4n) is 1.70. The smallest absolute Gasteiger partial charge is 0.166 e. The van der Waals surface area contributed by atoms with Crippen LogP contribution in [0.15, 0.2) is 40.4 Å². The maximum Gasteiger partial charge on any atom is 0.416 e. The molecule has 1 aliphatic carbocycles. The standard InChI is InChI=1S/C13H8Cl2F3/c14-11-6-2-5-10(12(11)15)8-3-1-4-9(7-8)13(16,17)18/h1,3-7H,2H2. The van der Waals surface area contributed by atoms with Crippen molar-refractivity contribution < 1.29 is 13.2 Å². The van der Waals surface area contributed by atoms with Crippen LogP contribution in [-0.2, 0) is 6.18 Å². The second-order valence-electron chi connectivity index (χ2n) is 3.80. The van der Waals surface area contributed by atoms with E-state index in [0.29, 0.717) is 22.6 Å². The van der Waals surface area contributed by atoms with Crippen LogP contribution in [0.5, 0.6) is 0 Å². The van der Waals surface area contributed by atoms with Crippen LogP contribution in [-0.4, -0.2) is 0 Å². The molecule has 0 aromatic heterocycles. The molecule has 0 unspecified atom stereocenters. The molecule has 2 rings (SSSR count). The van der Waals surface area contributed by atoms with E-state index in [4.69, 9.17) is 23.2 Å². The van der Waals surface area contributed by atoms with E-state index in [1.54, 1.807) is 18.6 Å². The molecule has 0 nitrogen and oxygen atoms in total. The topological polar surface area (TPSA) is 0 Å². The Hall–Kier alpha value is -0.930. The summed E-state index contributed by atoms with van der Waals surface area (Å²) < 4.78 is 37.8. The molecular formula is C13H8Cl2F3. The van der Waals surface area contributed by atoms with Crippen LogP contribution in [0.3, 0.4) is 0 Å². The third-order valence-corrected chi connectivity index (χ3v) is 3.41. The zero-order valence-electron chi connectivity index (χ0n) is 9.06. The van der Waals surface area contributed by atoms with E-state index in [2.05, 4.69) is 0 Å². The summed E-state index contributed by atoms with van der Waals surface area (Å²) in [6.45, 7) is 0. The lowest BCUT2D eigenvalue weighted by Gasteiger charge is -2.15. The predicted molar refractivity (Wildman–Crippen MR) is 67.1 cm³/mol. The zero-order valence-corrected chi connectivity index (χ0v) is 10.6. The lowest BCUT2D eigenvalue weighted by atomic mass is 9.95. The third-order valence-electron chi connectivity index (χ3n) is 2.57. The Morgan fingerprint density at radius 2 is 1.83 bits per heavy atom. The maximum atomic E-state index is 12.6. The van der Waals surface area contributed by atoms with Gasteiger partial charge in [-0.15, -0.1) is 0 Å². The second-order valence-corrected chi connectivity index (χ2v) is 4.58. The molecule has 18 heavy (non-hydrogen) atoms. The van der Waals surface area contributed by atoms with Crippen LogP contribution in [0.1, 0.15) is 17.5 Å². The van der Waals surface area contributed by atoms with Crippen molar-refractivity contribution in [3.63, 3.8) is 0 Å². The summed E-state index contributed by atoms with van der Waals surface area (Å²) in [5.74, 6) is 0. The Labute approximate surface area is 113 Å². The van der Waals surface area contributed by atoms with E-state index < -0.39 is 11.7 Å². The number of benzene rings is 1. The molecular weight excluding hydrogens is 284 g/mol. The molecule has 0 fully saturated rings. The minimum absolute atomic E-state index is 0.280. The maximum absolute atomic E-state index is 12.6. The molecule has 5 heteroatoms. The van der Waals surface area contributed by atoms with Gasteiger partial charge in [-0.05, 0) is 36.1 Å². The molecule has 1 aromatic carbocycles. The molecule has 0 spiro atoms. The molecule has 0 atom stereocenters. The van der Waals surface area contributed by atoms with Crippen LogP contribution < -0.4 is 0 Å². The molecule has 0 aliphatic heterocycles. The summed E-state index contributed by atoms with van der Waals surface area (Å²) in [6.07, 6.45) is -0.345. The van der Waals surface area contributed by atoms with Gasteiger partial charge in [-0.25, -0.2) is 0 Å². The van der Waals surface area contributed by atoms with Gasteiger partial charge in [0.25, 0.3) is 0 Å². The van der Waals surface area contributed by atoms with Crippen molar-refractivity contribution in [1.29, 1.82) is 0 Å². The van der Waals surface area contributed by atoms with Gasteiger partial charge in [-0.3, -0.25) is 0 Å². The minimum Gasteiger partial charge on any atom is -0.166 e. The minimum atomic E-state index is -4.36. The van der Waals surface area contributed by atoms with Gasteiger partial charge in [0.05, 0.1) is 15.6 Å². The van der Waals surface area contributed by atoms with Crippen molar-refractivity contribution in [2.45, 2.75) is 12.6 Å². The average Bonchev–Trinajstić information content (AvgIpc) is 2.32.